The first-order chi connectivity index (χ1) is 9.86. The molecule has 0 aromatic heterocycles. The minimum atomic E-state index is -3.12. The maximum absolute atomic E-state index is 12.3. The molecule has 1 unspecified atom stereocenters. The second kappa shape index (κ2) is 6.89. The van der Waals surface area contributed by atoms with Crippen LogP contribution in [0.1, 0.15) is 25.5 Å². The quantitative estimate of drug-likeness (QED) is 0.851. The fourth-order valence-electron chi connectivity index (χ4n) is 2.40. The number of aliphatic hydroxyl groups is 1. The maximum Gasteiger partial charge on any atom is 0.171 e. The van der Waals surface area contributed by atoms with Gasteiger partial charge in [0.1, 0.15) is 5.37 Å². The van der Waals surface area contributed by atoms with Gasteiger partial charge in [-0.1, -0.05) is 28.9 Å². The Morgan fingerprint density at radius 1 is 1.52 bits per heavy atom. The van der Waals surface area contributed by atoms with Crippen LogP contribution in [0, 0.1) is 0 Å². The molecule has 7 heteroatoms. The van der Waals surface area contributed by atoms with E-state index in [4.69, 9.17) is 0 Å². The van der Waals surface area contributed by atoms with E-state index in [1.807, 2.05) is 23.1 Å². The third-order valence-corrected chi connectivity index (χ3v) is 7.64. The minimum Gasteiger partial charge on any atom is -0.389 e. The number of rotatable bonds is 4. The van der Waals surface area contributed by atoms with Gasteiger partial charge >= 0.3 is 0 Å². The van der Waals surface area contributed by atoms with Crippen molar-refractivity contribution in [2.45, 2.75) is 25.3 Å². The number of hydrogen-bond acceptors (Lipinski definition) is 5. The van der Waals surface area contributed by atoms with Crippen molar-refractivity contribution in [2.24, 2.45) is 0 Å². The third-order valence-electron chi connectivity index (χ3n) is 3.67. The van der Waals surface area contributed by atoms with Crippen molar-refractivity contribution in [1.82, 2.24) is 0 Å². The Hall–Kier alpha value is -0.240. The number of aliphatic hydroxyl groups excluding tert-OH is 1. The lowest BCUT2D eigenvalue weighted by molar-refractivity contribution is 0.198. The molecule has 0 bridgehead atoms. The molecule has 0 radical (unpaired) electrons. The fourth-order valence-corrected chi connectivity index (χ4v) is 6.09. The smallest absolute Gasteiger partial charge is 0.171 e. The molecule has 1 N–H and O–H groups in total. The number of halogens is 1. The van der Waals surface area contributed by atoms with E-state index in [1.54, 1.807) is 25.6 Å². The largest absolute Gasteiger partial charge is 0.389 e. The molecule has 21 heavy (non-hydrogen) atoms. The Morgan fingerprint density at radius 3 is 2.81 bits per heavy atom. The molecule has 1 heterocycles. The van der Waals surface area contributed by atoms with Gasteiger partial charge in [-0.3, -0.25) is 0 Å². The third kappa shape index (κ3) is 3.75. The topological polar surface area (TPSA) is 57.6 Å². The summed E-state index contributed by atoms with van der Waals surface area (Å²) in [6.45, 7) is 4.12. The standard InChI is InChI=1S/C14H20BrNO3S2/c1-3-21(18,19)14-9-20-7-6-16(14)11-4-5-12(10(2)17)13(15)8-11/h4-5,8,10,14,17H,3,6-7,9H2,1-2H3/t10-,14?/m0/s1. The maximum atomic E-state index is 12.3. The van der Waals surface area contributed by atoms with Crippen LogP contribution < -0.4 is 4.90 Å². The molecule has 1 aliphatic rings. The fraction of sp³-hybridized carbons (Fsp3) is 0.571. The molecule has 118 valence electrons. The Labute approximate surface area is 139 Å². The molecule has 0 aliphatic carbocycles. The highest BCUT2D eigenvalue weighted by Crippen LogP contribution is 2.32. The zero-order valence-electron chi connectivity index (χ0n) is 12.1. The second-order valence-electron chi connectivity index (χ2n) is 5.06. The lowest BCUT2D eigenvalue weighted by atomic mass is 10.1. The lowest BCUT2D eigenvalue weighted by Crippen LogP contribution is -2.48. The molecule has 0 amide bonds. The molecule has 4 nitrogen and oxygen atoms in total. The van der Waals surface area contributed by atoms with E-state index in [0.29, 0.717) is 5.75 Å². The van der Waals surface area contributed by atoms with E-state index in [0.717, 1.165) is 28.0 Å². The summed E-state index contributed by atoms with van der Waals surface area (Å²) in [5.74, 6) is 1.68. The van der Waals surface area contributed by atoms with Gasteiger partial charge in [-0.25, -0.2) is 8.42 Å². The van der Waals surface area contributed by atoms with Gasteiger partial charge in [0.2, 0.25) is 0 Å². The first kappa shape index (κ1) is 17.1. The van der Waals surface area contributed by atoms with E-state index in [2.05, 4.69) is 15.9 Å². The van der Waals surface area contributed by atoms with Crippen LogP contribution in [0.25, 0.3) is 0 Å². The molecular weight excluding hydrogens is 374 g/mol. The Bertz CT molecular complexity index is 604. The molecular formula is C14H20BrNO3S2. The summed E-state index contributed by atoms with van der Waals surface area (Å²) in [6.07, 6.45) is -0.555. The first-order valence-corrected chi connectivity index (χ1v) is 10.6. The normalized spacial score (nSPS) is 21.3. The van der Waals surface area contributed by atoms with Crippen molar-refractivity contribution in [2.75, 3.05) is 28.7 Å². The lowest BCUT2D eigenvalue weighted by Gasteiger charge is -2.36. The summed E-state index contributed by atoms with van der Waals surface area (Å²) in [5, 5.41) is 9.22. The van der Waals surface area contributed by atoms with E-state index < -0.39 is 21.3 Å². The highest BCUT2D eigenvalue weighted by atomic mass is 79.9. The highest BCUT2D eigenvalue weighted by molar-refractivity contribution is 9.10. The average Bonchev–Trinajstić information content (AvgIpc) is 2.46. The molecule has 1 fully saturated rings. The van der Waals surface area contributed by atoms with Crippen LogP contribution in [-0.2, 0) is 9.84 Å². The number of hydrogen-bond donors (Lipinski definition) is 1. The van der Waals surface area contributed by atoms with E-state index in [-0.39, 0.29) is 5.75 Å². The molecule has 0 spiro atoms. The molecule has 2 rings (SSSR count). The number of benzene rings is 1. The first-order valence-electron chi connectivity index (χ1n) is 6.90. The van der Waals surface area contributed by atoms with Crippen LogP contribution in [0.3, 0.4) is 0 Å². The second-order valence-corrected chi connectivity index (χ2v) is 9.51. The van der Waals surface area contributed by atoms with Gasteiger partial charge in [0, 0.05) is 34.0 Å². The van der Waals surface area contributed by atoms with Gasteiger partial charge in [-0.15, -0.1) is 0 Å². The molecule has 1 aliphatic heterocycles. The van der Waals surface area contributed by atoms with Crippen LogP contribution in [0.4, 0.5) is 5.69 Å². The summed E-state index contributed by atoms with van der Waals surface area (Å²) in [7, 11) is -3.12. The van der Waals surface area contributed by atoms with Crippen molar-refractivity contribution in [3.8, 4) is 0 Å². The van der Waals surface area contributed by atoms with Crippen LogP contribution in [0.15, 0.2) is 22.7 Å². The number of thioether (sulfide) groups is 1. The zero-order valence-corrected chi connectivity index (χ0v) is 15.3. The summed E-state index contributed by atoms with van der Waals surface area (Å²) in [4.78, 5) is 1.96. The van der Waals surface area contributed by atoms with Gasteiger partial charge in [0.05, 0.1) is 6.10 Å². The molecule has 1 aromatic carbocycles. The zero-order chi connectivity index (χ0) is 15.6. The van der Waals surface area contributed by atoms with E-state index in [9.17, 15) is 13.5 Å². The number of anilines is 1. The Balaban J connectivity index is 2.36. The summed E-state index contributed by atoms with van der Waals surface area (Å²) < 4.78 is 25.4. The number of nitrogens with zero attached hydrogens (tertiary/aromatic N) is 1. The van der Waals surface area contributed by atoms with Gasteiger partial charge < -0.3 is 10.0 Å². The minimum absolute atomic E-state index is 0.154. The van der Waals surface area contributed by atoms with Crippen LogP contribution in [0.2, 0.25) is 0 Å². The Kier molecular flexibility index (Phi) is 5.62. The highest BCUT2D eigenvalue weighted by Gasteiger charge is 2.33. The van der Waals surface area contributed by atoms with Crippen molar-refractivity contribution in [3.05, 3.63) is 28.2 Å². The van der Waals surface area contributed by atoms with Crippen molar-refractivity contribution in [1.29, 1.82) is 0 Å². The van der Waals surface area contributed by atoms with Crippen molar-refractivity contribution < 1.29 is 13.5 Å². The summed E-state index contributed by atoms with van der Waals surface area (Å²) in [6, 6.07) is 5.64. The summed E-state index contributed by atoms with van der Waals surface area (Å²) >= 11 is 5.14. The van der Waals surface area contributed by atoms with Gasteiger partial charge in [0.25, 0.3) is 0 Å². The molecule has 0 saturated carbocycles. The predicted molar refractivity (Wildman–Crippen MR) is 92.7 cm³/mol. The van der Waals surface area contributed by atoms with Crippen LogP contribution >= 0.6 is 27.7 Å². The van der Waals surface area contributed by atoms with Gasteiger partial charge in [-0.05, 0) is 24.6 Å². The number of sulfone groups is 1. The Morgan fingerprint density at radius 2 is 2.24 bits per heavy atom. The van der Waals surface area contributed by atoms with Gasteiger partial charge in [-0.2, -0.15) is 11.8 Å². The van der Waals surface area contributed by atoms with E-state index >= 15 is 0 Å². The SMILES string of the molecule is CCS(=O)(=O)C1CSCCN1c1ccc([C@H](C)O)c(Br)c1. The van der Waals surface area contributed by atoms with E-state index in [1.165, 1.54) is 0 Å². The monoisotopic (exact) mass is 393 g/mol. The van der Waals surface area contributed by atoms with Gasteiger partial charge in [0.15, 0.2) is 9.84 Å². The molecule has 1 saturated heterocycles. The summed E-state index contributed by atoms with van der Waals surface area (Å²) in [5.41, 5.74) is 1.69. The van der Waals surface area contributed by atoms with Crippen LogP contribution in [0.5, 0.6) is 0 Å². The van der Waals surface area contributed by atoms with Crippen molar-refractivity contribution in [3.63, 3.8) is 0 Å². The van der Waals surface area contributed by atoms with Crippen LogP contribution in [-0.4, -0.2) is 42.7 Å². The predicted octanol–water partition coefficient (Wildman–Crippen LogP) is 2.82. The average molecular weight is 394 g/mol. The molecule has 1 aromatic rings. The molecule has 2 atom stereocenters. The van der Waals surface area contributed by atoms with Crippen molar-refractivity contribution >= 4 is 43.2 Å².